The van der Waals surface area contributed by atoms with Crippen molar-refractivity contribution in [3.05, 3.63) is 65.0 Å². The van der Waals surface area contributed by atoms with Crippen molar-refractivity contribution in [3.8, 4) is 0 Å². The lowest BCUT2D eigenvalue weighted by atomic mass is 10.0. The molecule has 100 valence electrons. The maximum atomic E-state index is 13.1. The molecular formula is C16H18FNO. The number of rotatable bonds is 4. The fourth-order valence-electron chi connectivity index (χ4n) is 2.22. The van der Waals surface area contributed by atoms with Crippen LogP contribution >= 0.6 is 0 Å². The molecule has 0 aliphatic heterocycles. The summed E-state index contributed by atoms with van der Waals surface area (Å²) in [4.78, 5) is 0. The highest BCUT2D eigenvalue weighted by molar-refractivity contribution is 5.46. The lowest BCUT2D eigenvalue weighted by Gasteiger charge is -2.19. The lowest BCUT2D eigenvalue weighted by molar-refractivity contribution is 0.276. The molecule has 0 spiro atoms. The molecule has 2 rings (SSSR count). The van der Waals surface area contributed by atoms with Crippen LogP contribution in [0.15, 0.2) is 42.5 Å². The van der Waals surface area contributed by atoms with Crippen LogP contribution < -0.4 is 5.32 Å². The number of aryl methyl sites for hydroxylation is 2. The molecule has 0 radical (unpaired) electrons. The minimum absolute atomic E-state index is 0.0423. The third-order valence-electron chi connectivity index (χ3n) is 2.99. The summed E-state index contributed by atoms with van der Waals surface area (Å²) in [6, 6.07) is 12.2. The molecular weight excluding hydrogens is 241 g/mol. The normalized spacial score (nSPS) is 12.2. The van der Waals surface area contributed by atoms with E-state index in [9.17, 15) is 9.50 Å². The largest absolute Gasteiger partial charge is 0.394 e. The first-order chi connectivity index (χ1) is 9.08. The number of hydrogen-bond acceptors (Lipinski definition) is 2. The number of halogens is 1. The maximum Gasteiger partial charge on any atom is 0.125 e. The summed E-state index contributed by atoms with van der Waals surface area (Å²) in [5.74, 6) is -0.290. The summed E-state index contributed by atoms with van der Waals surface area (Å²) in [5, 5.41) is 12.7. The van der Waals surface area contributed by atoms with Crippen LogP contribution in [0.25, 0.3) is 0 Å². The summed E-state index contributed by atoms with van der Waals surface area (Å²) in [6.45, 7) is 4.00. The zero-order chi connectivity index (χ0) is 13.8. The number of nitrogens with one attached hydrogen (secondary N) is 1. The van der Waals surface area contributed by atoms with Gasteiger partial charge in [0.1, 0.15) is 5.82 Å². The van der Waals surface area contributed by atoms with Crippen molar-refractivity contribution in [2.75, 3.05) is 11.9 Å². The molecule has 0 heterocycles. The predicted molar refractivity (Wildman–Crippen MR) is 75.8 cm³/mol. The molecule has 0 saturated heterocycles. The van der Waals surface area contributed by atoms with E-state index in [-0.39, 0.29) is 18.5 Å². The molecule has 0 aliphatic carbocycles. The van der Waals surface area contributed by atoms with E-state index in [1.54, 1.807) is 12.1 Å². The van der Waals surface area contributed by atoms with Crippen LogP contribution in [-0.2, 0) is 0 Å². The van der Waals surface area contributed by atoms with Crippen LogP contribution in [0.1, 0.15) is 22.7 Å². The van der Waals surface area contributed by atoms with Gasteiger partial charge in [0.2, 0.25) is 0 Å². The van der Waals surface area contributed by atoms with Crippen molar-refractivity contribution in [3.63, 3.8) is 0 Å². The van der Waals surface area contributed by atoms with Gasteiger partial charge >= 0.3 is 0 Å². The summed E-state index contributed by atoms with van der Waals surface area (Å²) in [6.07, 6.45) is 0. The molecule has 0 aromatic heterocycles. The Morgan fingerprint density at radius 1 is 1.11 bits per heavy atom. The second kappa shape index (κ2) is 5.85. The first-order valence-corrected chi connectivity index (χ1v) is 6.29. The minimum atomic E-state index is -0.290. The van der Waals surface area contributed by atoms with E-state index < -0.39 is 0 Å². The van der Waals surface area contributed by atoms with Crippen molar-refractivity contribution in [2.45, 2.75) is 19.9 Å². The average Bonchev–Trinajstić information content (AvgIpc) is 2.34. The van der Waals surface area contributed by atoms with Crippen LogP contribution in [0.4, 0.5) is 10.1 Å². The molecule has 3 heteroatoms. The lowest BCUT2D eigenvalue weighted by Crippen LogP contribution is -2.15. The Labute approximate surface area is 112 Å². The Morgan fingerprint density at radius 2 is 1.79 bits per heavy atom. The van der Waals surface area contributed by atoms with Crippen LogP contribution in [0.3, 0.4) is 0 Å². The zero-order valence-electron chi connectivity index (χ0n) is 11.2. The quantitative estimate of drug-likeness (QED) is 0.879. The number of aliphatic hydroxyl groups is 1. The van der Waals surface area contributed by atoms with Gasteiger partial charge in [-0.2, -0.15) is 0 Å². The smallest absolute Gasteiger partial charge is 0.125 e. The van der Waals surface area contributed by atoms with E-state index in [4.69, 9.17) is 0 Å². The van der Waals surface area contributed by atoms with E-state index in [1.165, 1.54) is 12.1 Å². The maximum absolute atomic E-state index is 13.1. The van der Waals surface area contributed by atoms with Gasteiger partial charge in [0.25, 0.3) is 0 Å². The molecule has 1 unspecified atom stereocenters. The van der Waals surface area contributed by atoms with Crippen molar-refractivity contribution in [2.24, 2.45) is 0 Å². The summed E-state index contributed by atoms with van der Waals surface area (Å²) in [7, 11) is 0. The van der Waals surface area contributed by atoms with Gasteiger partial charge in [-0.25, -0.2) is 4.39 Å². The molecule has 0 amide bonds. The second-order valence-electron chi connectivity index (χ2n) is 4.81. The Morgan fingerprint density at radius 3 is 2.37 bits per heavy atom. The van der Waals surface area contributed by atoms with Crippen molar-refractivity contribution in [1.82, 2.24) is 0 Å². The average molecular weight is 259 g/mol. The fourth-order valence-corrected chi connectivity index (χ4v) is 2.22. The third-order valence-corrected chi connectivity index (χ3v) is 2.99. The van der Waals surface area contributed by atoms with E-state index in [2.05, 4.69) is 11.4 Å². The predicted octanol–water partition coefficient (Wildman–Crippen LogP) is 3.59. The molecule has 2 aromatic carbocycles. The van der Waals surface area contributed by atoms with E-state index in [0.29, 0.717) is 5.69 Å². The van der Waals surface area contributed by atoms with Crippen LogP contribution in [0.2, 0.25) is 0 Å². The Balaban J connectivity index is 2.24. The first-order valence-electron chi connectivity index (χ1n) is 6.29. The Hall–Kier alpha value is -1.87. The van der Waals surface area contributed by atoms with Gasteiger partial charge < -0.3 is 10.4 Å². The van der Waals surface area contributed by atoms with Gasteiger partial charge in [-0.3, -0.25) is 0 Å². The van der Waals surface area contributed by atoms with Crippen molar-refractivity contribution < 1.29 is 9.50 Å². The van der Waals surface area contributed by atoms with Crippen LogP contribution in [-0.4, -0.2) is 11.7 Å². The molecule has 0 saturated carbocycles. The highest BCUT2D eigenvalue weighted by Crippen LogP contribution is 2.22. The highest BCUT2D eigenvalue weighted by Gasteiger charge is 2.11. The fraction of sp³-hybridized carbons (Fsp3) is 0.250. The minimum Gasteiger partial charge on any atom is -0.394 e. The molecule has 19 heavy (non-hydrogen) atoms. The van der Waals surface area contributed by atoms with Crippen LogP contribution in [0.5, 0.6) is 0 Å². The molecule has 0 bridgehead atoms. The van der Waals surface area contributed by atoms with Gasteiger partial charge in [0.15, 0.2) is 0 Å². The van der Waals surface area contributed by atoms with Gasteiger partial charge in [-0.05, 0) is 37.6 Å². The van der Waals surface area contributed by atoms with Crippen molar-refractivity contribution in [1.29, 1.82) is 0 Å². The summed E-state index contributed by atoms with van der Waals surface area (Å²) >= 11 is 0. The number of aliphatic hydroxyl groups excluding tert-OH is 1. The SMILES string of the molecule is Cc1cc(C)cc(C(CO)Nc2cccc(F)c2)c1. The number of anilines is 1. The number of hydrogen-bond donors (Lipinski definition) is 2. The van der Waals surface area contributed by atoms with E-state index in [0.717, 1.165) is 16.7 Å². The van der Waals surface area contributed by atoms with Gasteiger partial charge in [0, 0.05) is 5.69 Å². The third kappa shape index (κ3) is 3.55. The van der Waals surface area contributed by atoms with Crippen molar-refractivity contribution >= 4 is 5.69 Å². The monoisotopic (exact) mass is 259 g/mol. The zero-order valence-corrected chi connectivity index (χ0v) is 11.2. The molecule has 0 aliphatic rings. The Kier molecular flexibility index (Phi) is 4.17. The first kappa shape index (κ1) is 13.6. The second-order valence-corrected chi connectivity index (χ2v) is 4.81. The van der Waals surface area contributed by atoms with Gasteiger partial charge in [0.05, 0.1) is 12.6 Å². The number of benzene rings is 2. The Bertz CT molecular complexity index is 548. The van der Waals surface area contributed by atoms with E-state index >= 15 is 0 Å². The molecule has 2 nitrogen and oxygen atoms in total. The molecule has 2 N–H and O–H groups in total. The summed E-state index contributed by atoms with van der Waals surface area (Å²) < 4.78 is 13.1. The highest BCUT2D eigenvalue weighted by atomic mass is 19.1. The van der Waals surface area contributed by atoms with Gasteiger partial charge in [-0.1, -0.05) is 35.4 Å². The topological polar surface area (TPSA) is 32.3 Å². The van der Waals surface area contributed by atoms with E-state index in [1.807, 2.05) is 26.0 Å². The molecule has 0 fully saturated rings. The summed E-state index contributed by atoms with van der Waals surface area (Å²) in [5.41, 5.74) is 3.96. The molecule has 2 aromatic rings. The molecule has 1 atom stereocenters. The van der Waals surface area contributed by atoms with Gasteiger partial charge in [-0.15, -0.1) is 0 Å². The standard InChI is InChI=1S/C16H18FNO/c1-11-6-12(2)8-13(7-11)16(10-19)18-15-5-3-4-14(17)9-15/h3-9,16,18-19H,10H2,1-2H3. The van der Waals surface area contributed by atoms with Crippen LogP contribution in [0, 0.1) is 19.7 Å².